The van der Waals surface area contributed by atoms with E-state index in [4.69, 9.17) is 21.4 Å². The number of aliphatic hydroxyl groups excluding tert-OH is 1. The molecule has 0 aliphatic rings. The van der Waals surface area contributed by atoms with Gasteiger partial charge >= 0.3 is 0 Å². The molecule has 0 bridgehead atoms. The Balaban J connectivity index is 2.80. The first-order chi connectivity index (χ1) is 7.42. The smallest absolute Gasteiger partial charge is 0.222 e. The Bertz CT molecular complexity index is 324. The normalized spacial score (nSPS) is 13.8. The van der Waals surface area contributed by atoms with E-state index in [-0.39, 0.29) is 11.9 Å². The molecule has 0 amide bonds. The van der Waals surface area contributed by atoms with Crippen molar-refractivity contribution in [1.82, 2.24) is 9.97 Å². The highest BCUT2D eigenvalue weighted by Gasteiger charge is 2.22. The molecule has 5 nitrogen and oxygen atoms in total. The summed E-state index contributed by atoms with van der Waals surface area (Å²) in [4.78, 5) is 7.65. The van der Waals surface area contributed by atoms with Gasteiger partial charge in [-0.25, -0.2) is 9.97 Å². The van der Waals surface area contributed by atoms with E-state index in [1.807, 2.05) is 0 Å². The zero-order valence-electron chi connectivity index (χ0n) is 9.22. The third-order valence-electron chi connectivity index (χ3n) is 1.83. The van der Waals surface area contributed by atoms with Crippen molar-refractivity contribution in [3.05, 3.63) is 23.2 Å². The maximum atomic E-state index is 9.56. The lowest BCUT2D eigenvalue weighted by atomic mass is 10.1. The highest BCUT2D eigenvalue weighted by Crippen LogP contribution is 2.25. The molecule has 0 aliphatic heterocycles. The van der Waals surface area contributed by atoms with Crippen LogP contribution in [0.2, 0.25) is 5.28 Å². The van der Waals surface area contributed by atoms with Crippen LogP contribution in [0.15, 0.2) is 12.4 Å². The summed E-state index contributed by atoms with van der Waals surface area (Å²) in [6.07, 6.45) is 2.93. The molecule has 2 N–H and O–H groups in total. The molecule has 0 saturated heterocycles. The predicted octanol–water partition coefficient (Wildman–Crippen LogP) is 1.30. The van der Waals surface area contributed by atoms with Gasteiger partial charge in [0, 0.05) is 31.0 Å². The average Bonchev–Trinajstić information content (AvgIpc) is 2.16. The van der Waals surface area contributed by atoms with E-state index in [2.05, 4.69) is 9.97 Å². The van der Waals surface area contributed by atoms with Gasteiger partial charge in [0.2, 0.25) is 5.28 Å². The summed E-state index contributed by atoms with van der Waals surface area (Å²) in [6, 6.07) is 0. The standard InChI is InChI=1S/C10H15ClN2O3/c1-10(2,15)16-8(3-4-14)7-5-12-9(11)13-6-7/h5-6,8,14-15H,3-4H2,1-2H3. The van der Waals surface area contributed by atoms with Crippen LogP contribution in [-0.4, -0.2) is 32.6 Å². The first-order valence-corrected chi connectivity index (χ1v) is 5.28. The number of halogens is 1. The molecule has 90 valence electrons. The van der Waals surface area contributed by atoms with Crippen molar-refractivity contribution in [2.75, 3.05) is 6.61 Å². The predicted molar refractivity (Wildman–Crippen MR) is 58.9 cm³/mol. The Morgan fingerprint density at radius 2 is 2.00 bits per heavy atom. The molecule has 1 aromatic heterocycles. The third kappa shape index (κ3) is 4.40. The third-order valence-corrected chi connectivity index (χ3v) is 2.03. The lowest BCUT2D eigenvalue weighted by Gasteiger charge is -2.25. The fourth-order valence-corrected chi connectivity index (χ4v) is 1.35. The van der Waals surface area contributed by atoms with E-state index in [9.17, 15) is 5.11 Å². The van der Waals surface area contributed by atoms with Crippen molar-refractivity contribution in [2.45, 2.75) is 32.2 Å². The average molecular weight is 247 g/mol. The summed E-state index contributed by atoms with van der Waals surface area (Å²) in [5, 5.41) is 18.6. The second-order valence-electron chi connectivity index (χ2n) is 3.85. The molecule has 6 heteroatoms. The molecule has 0 spiro atoms. The van der Waals surface area contributed by atoms with E-state index < -0.39 is 11.9 Å². The van der Waals surface area contributed by atoms with Gasteiger partial charge in [-0.2, -0.15) is 0 Å². The van der Waals surface area contributed by atoms with Crippen molar-refractivity contribution < 1.29 is 14.9 Å². The fraction of sp³-hybridized carbons (Fsp3) is 0.600. The second kappa shape index (κ2) is 5.54. The number of hydrogen-bond donors (Lipinski definition) is 2. The lowest BCUT2D eigenvalue weighted by molar-refractivity contribution is -0.210. The van der Waals surface area contributed by atoms with Crippen molar-refractivity contribution in [1.29, 1.82) is 0 Å². The topological polar surface area (TPSA) is 75.5 Å². The minimum Gasteiger partial charge on any atom is -0.396 e. The van der Waals surface area contributed by atoms with Crippen LogP contribution in [0.25, 0.3) is 0 Å². The van der Waals surface area contributed by atoms with Crippen molar-refractivity contribution in [3.63, 3.8) is 0 Å². The quantitative estimate of drug-likeness (QED) is 0.605. The van der Waals surface area contributed by atoms with E-state index in [1.54, 1.807) is 0 Å². The fourth-order valence-electron chi connectivity index (χ4n) is 1.25. The summed E-state index contributed by atoms with van der Waals surface area (Å²) in [5.41, 5.74) is 0.667. The van der Waals surface area contributed by atoms with Crippen molar-refractivity contribution in [3.8, 4) is 0 Å². The van der Waals surface area contributed by atoms with Crippen molar-refractivity contribution in [2.24, 2.45) is 0 Å². The number of nitrogens with zero attached hydrogens (tertiary/aromatic N) is 2. The van der Waals surface area contributed by atoms with Gasteiger partial charge in [-0.3, -0.25) is 0 Å². The number of rotatable bonds is 5. The number of aliphatic hydroxyl groups is 2. The SMILES string of the molecule is CC(C)(O)OC(CCO)c1cnc(Cl)nc1. The molecular weight excluding hydrogens is 232 g/mol. The Hall–Kier alpha value is -0.750. The maximum absolute atomic E-state index is 9.56. The van der Waals surface area contributed by atoms with Gasteiger partial charge in [0.1, 0.15) is 0 Å². The lowest BCUT2D eigenvalue weighted by Crippen LogP contribution is -2.26. The van der Waals surface area contributed by atoms with Gasteiger partial charge in [-0.05, 0) is 25.4 Å². The van der Waals surface area contributed by atoms with Crippen LogP contribution in [0.4, 0.5) is 0 Å². The molecule has 1 rings (SSSR count). The Morgan fingerprint density at radius 1 is 1.44 bits per heavy atom. The van der Waals surface area contributed by atoms with Gasteiger partial charge in [0.25, 0.3) is 0 Å². The summed E-state index contributed by atoms with van der Waals surface area (Å²) in [7, 11) is 0. The Labute approximate surface area is 99.1 Å². The van der Waals surface area contributed by atoms with Crippen LogP contribution in [0.3, 0.4) is 0 Å². The van der Waals surface area contributed by atoms with Gasteiger partial charge in [-0.1, -0.05) is 0 Å². The van der Waals surface area contributed by atoms with Crippen LogP contribution in [0.5, 0.6) is 0 Å². The molecule has 1 heterocycles. The Kier molecular flexibility index (Phi) is 4.61. The maximum Gasteiger partial charge on any atom is 0.222 e. The van der Waals surface area contributed by atoms with Gasteiger partial charge < -0.3 is 14.9 Å². The van der Waals surface area contributed by atoms with Crippen LogP contribution < -0.4 is 0 Å². The van der Waals surface area contributed by atoms with E-state index >= 15 is 0 Å². The summed E-state index contributed by atoms with van der Waals surface area (Å²) < 4.78 is 5.38. The van der Waals surface area contributed by atoms with Crippen LogP contribution in [-0.2, 0) is 4.74 Å². The molecule has 1 aromatic rings. The van der Waals surface area contributed by atoms with Crippen LogP contribution >= 0.6 is 11.6 Å². The Morgan fingerprint density at radius 3 is 2.44 bits per heavy atom. The number of ether oxygens (including phenoxy) is 1. The second-order valence-corrected chi connectivity index (χ2v) is 4.19. The zero-order chi connectivity index (χ0) is 12.2. The molecule has 16 heavy (non-hydrogen) atoms. The number of aromatic nitrogens is 2. The van der Waals surface area contributed by atoms with E-state index in [0.717, 1.165) is 0 Å². The molecule has 0 fully saturated rings. The zero-order valence-corrected chi connectivity index (χ0v) is 9.98. The number of hydrogen-bond acceptors (Lipinski definition) is 5. The van der Waals surface area contributed by atoms with E-state index in [0.29, 0.717) is 12.0 Å². The largest absolute Gasteiger partial charge is 0.396 e. The van der Waals surface area contributed by atoms with E-state index in [1.165, 1.54) is 26.2 Å². The van der Waals surface area contributed by atoms with Gasteiger partial charge in [-0.15, -0.1) is 0 Å². The molecular formula is C10H15ClN2O3. The van der Waals surface area contributed by atoms with Gasteiger partial charge in [0.15, 0.2) is 5.79 Å². The molecule has 0 saturated carbocycles. The minimum atomic E-state index is -1.28. The van der Waals surface area contributed by atoms with Gasteiger partial charge in [0.05, 0.1) is 6.10 Å². The summed E-state index contributed by atoms with van der Waals surface area (Å²) in [6.45, 7) is 2.99. The summed E-state index contributed by atoms with van der Waals surface area (Å²) in [5.74, 6) is -1.28. The highest BCUT2D eigenvalue weighted by molar-refractivity contribution is 6.28. The molecule has 1 unspecified atom stereocenters. The highest BCUT2D eigenvalue weighted by atomic mass is 35.5. The monoisotopic (exact) mass is 246 g/mol. The van der Waals surface area contributed by atoms with Crippen LogP contribution in [0, 0.1) is 0 Å². The first kappa shape index (κ1) is 13.3. The minimum absolute atomic E-state index is 0.0522. The summed E-state index contributed by atoms with van der Waals surface area (Å²) >= 11 is 5.56. The molecule has 0 aliphatic carbocycles. The first-order valence-electron chi connectivity index (χ1n) is 4.91. The molecule has 0 aromatic carbocycles. The molecule has 0 radical (unpaired) electrons. The van der Waals surface area contributed by atoms with Crippen LogP contribution in [0.1, 0.15) is 31.9 Å². The van der Waals surface area contributed by atoms with Crippen molar-refractivity contribution >= 4 is 11.6 Å². The molecule has 1 atom stereocenters.